The number of piperidine rings is 1. The lowest BCUT2D eigenvalue weighted by Gasteiger charge is -2.34. The molecule has 2 heterocycles. The predicted octanol–water partition coefficient (Wildman–Crippen LogP) is 2.42. The van der Waals surface area contributed by atoms with E-state index in [1.807, 2.05) is 37.3 Å². The lowest BCUT2D eigenvalue weighted by molar-refractivity contribution is -0.143. The maximum atomic E-state index is 12.8. The molecule has 1 aliphatic rings. The van der Waals surface area contributed by atoms with Gasteiger partial charge in [-0.2, -0.15) is 0 Å². The maximum Gasteiger partial charge on any atom is 0.308 e. The van der Waals surface area contributed by atoms with Crippen LogP contribution < -0.4 is 0 Å². The van der Waals surface area contributed by atoms with Crippen LogP contribution in [0.15, 0.2) is 36.5 Å². The number of hydrogen-bond acceptors (Lipinski definition) is 3. The Hall–Kier alpha value is -2.43. The summed E-state index contributed by atoms with van der Waals surface area (Å²) in [4.78, 5) is 29.9. The molecule has 5 nitrogen and oxygen atoms in total. The van der Waals surface area contributed by atoms with Crippen LogP contribution in [0, 0.1) is 11.8 Å². The normalized spacial score (nSPS) is 21.8. The smallest absolute Gasteiger partial charge is 0.308 e. The molecule has 0 saturated carbocycles. The second-order valence-electron chi connectivity index (χ2n) is 5.97. The monoisotopic (exact) mass is 298 g/mol. The number of aliphatic carboxylic acids is 1. The third-order valence-electron chi connectivity index (χ3n) is 4.17. The number of carbonyl (C=O) groups is 2. The van der Waals surface area contributed by atoms with Gasteiger partial charge in [-0.1, -0.05) is 31.2 Å². The third-order valence-corrected chi connectivity index (χ3v) is 4.17. The van der Waals surface area contributed by atoms with Crippen molar-refractivity contribution in [2.45, 2.75) is 13.3 Å². The number of benzene rings is 1. The first kappa shape index (κ1) is 14.5. The van der Waals surface area contributed by atoms with E-state index in [2.05, 4.69) is 4.98 Å². The van der Waals surface area contributed by atoms with Gasteiger partial charge in [0.1, 0.15) is 5.69 Å². The van der Waals surface area contributed by atoms with Crippen LogP contribution in [0.1, 0.15) is 23.8 Å². The molecule has 1 aromatic carbocycles. The number of carbonyl (C=O) groups excluding carboxylic acids is 1. The predicted molar refractivity (Wildman–Crippen MR) is 82.6 cm³/mol. The van der Waals surface area contributed by atoms with Crippen molar-refractivity contribution in [1.29, 1.82) is 0 Å². The van der Waals surface area contributed by atoms with Crippen LogP contribution in [-0.2, 0) is 4.79 Å². The van der Waals surface area contributed by atoms with Crippen molar-refractivity contribution < 1.29 is 14.7 Å². The first-order valence-electron chi connectivity index (χ1n) is 7.42. The quantitative estimate of drug-likeness (QED) is 0.924. The molecule has 22 heavy (non-hydrogen) atoms. The SMILES string of the molecule is CC1CC(C(=O)O)CN(C(=O)c2nccc3ccccc23)C1. The summed E-state index contributed by atoms with van der Waals surface area (Å²) in [7, 11) is 0. The number of aromatic nitrogens is 1. The van der Waals surface area contributed by atoms with Gasteiger partial charge in [0.2, 0.25) is 0 Å². The maximum absolute atomic E-state index is 12.8. The molecule has 2 unspecified atom stereocenters. The number of carboxylic acids is 1. The minimum Gasteiger partial charge on any atom is -0.481 e. The number of carboxylic acid groups (broad SMARTS) is 1. The summed E-state index contributed by atoms with van der Waals surface area (Å²) in [5.41, 5.74) is 0.399. The van der Waals surface area contributed by atoms with Gasteiger partial charge < -0.3 is 10.0 Å². The summed E-state index contributed by atoms with van der Waals surface area (Å²) < 4.78 is 0. The first-order valence-corrected chi connectivity index (χ1v) is 7.42. The van der Waals surface area contributed by atoms with E-state index >= 15 is 0 Å². The Morgan fingerprint density at radius 1 is 1.23 bits per heavy atom. The number of rotatable bonds is 2. The fourth-order valence-electron chi connectivity index (χ4n) is 3.14. The second-order valence-corrected chi connectivity index (χ2v) is 5.97. The van der Waals surface area contributed by atoms with Crippen LogP contribution in [0.2, 0.25) is 0 Å². The van der Waals surface area contributed by atoms with Crippen molar-refractivity contribution in [2.24, 2.45) is 11.8 Å². The number of amides is 1. The van der Waals surface area contributed by atoms with E-state index in [9.17, 15) is 14.7 Å². The standard InChI is InChI=1S/C17H18N2O3/c1-11-8-13(17(21)22)10-19(9-11)16(20)15-14-5-3-2-4-12(14)6-7-18-15/h2-7,11,13H,8-10H2,1H3,(H,21,22). The summed E-state index contributed by atoms with van der Waals surface area (Å²) in [6.07, 6.45) is 2.24. The van der Waals surface area contributed by atoms with E-state index < -0.39 is 11.9 Å². The largest absolute Gasteiger partial charge is 0.481 e. The summed E-state index contributed by atoms with van der Waals surface area (Å²) in [5.74, 6) is -1.35. The van der Waals surface area contributed by atoms with Crippen LogP contribution in [-0.4, -0.2) is 40.0 Å². The lowest BCUT2D eigenvalue weighted by atomic mass is 9.90. The van der Waals surface area contributed by atoms with Gasteiger partial charge >= 0.3 is 5.97 Å². The Morgan fingerprint density at radius 2 is 2.00 bits per heavy atom. The van der Waals surface area contributed by atoms with Gasteiger partial charge in [-0.25, -0.2) is 0 Å². The van der Waals surface area contributed by atoms with Gasteiger partial charge in [0.15, 0.2) is 0 Å². The molecule has 0 bridgehead atoms. The van der Waals surface area contributed by atoms with Gasteiger partial charge in [-0.3, -0.25) is 14.6 Å². The van der Waals surface area contributed by atoms with Crippen LogP contribution in [0.4, 0.5) is 0 Å². The molecule has 0 spiro atoms. The van der Waals surface area contributed by atoms with E-state index in [-0.39, 0.29) is 18.4 Å². The fraction of sp³-hybridized carbons (Fsp3) is 0.353. The molecule has 5 heteroatoms. The molecule has 1 fully saturated rings. The van der Waals surface area contributed by atoms with Crippen LogP contribution >= 0.6 is 0 Å². The van der Waals surface area contributed by atoms with Gasteiger partial charge in [0.25, 0.3) is 5.91 Å². The van der Waals surface area contributed by atoms with Crippen LogP contribution in [0.5, 0.6) is 0 Å². The van der Waals surface area contributed by atoms with Crippen molar-refractivity contribution in [1.82, 2.24) is 9.88 Å². The molecule has 1 N–H and O–H groups in total. The highest BCUT2D eigenvalue weighted by Gasteiger charge is 2.33. The van der Waals surface area contributed by atoms with Gasteiger partial charge in [-0.05, 0) is 23.8 Å². The summed E-state index contributed by atoms with van der Waals surface area (Å²) in [6.45, 7) is 2.81. The topological polar surface area (TPSA) is 70.5 Å². The summed E-state index contributed by atoms with van der Waals surface area (Å²) in [6, 6.07) is 9.47. The number of nitrogens with zero attached hydrogens (tertiary/aromatic N) is 2. The molecule has 3 rings (SSSR count). The zero-order valence-corrected chi connectivity index (χ0v) is 12.4. The minimum atomic E-state index is -0.838. The summed E-state index contributed by atoms with van der Waals surface area (Å²) >= 11 is 0. The molecule has 1 aliphatic heterocycles. The van der Waals surface area contributed by atoms with Crippen molar-refractivity contribution in [3.05, 3.63) is 42.2 Å². The Balaban J connectivity index is 1.93. The zero-order valence-electron chi connectivity index (χ0n) is 12.4. The highest BCUT2D eigenvalue weighted by molar-refractivity contribution is 6.05. The minimum absolute atomic E-state index is 0.175. The van der Waals surface area contributed by atoms with Crippen molar-refractivity contribution in [3.8, 4) is 0 Å². The molecule has 1 amide bonds. The van der Waals surface area contributed by atoms with E-state index in [1.165, 1.54) is 0 Å². The molecule has 2 aromatic rings. The van der Waals surface area contributed by atoms with Crippen molar-refractivity contribution >= 4 is 22.6 Å². The lowest BCUT2D eigenvalue weighted by Crippen LogP contribution is -2.45. The number of likely N-dealkylation sites (tertiary alicyclic amines) is 1. The average Bonchev–Trinajstić information content (AvgIpc) is 2.53. The van der Waals surface area contributed by atoms with Crippen molar-refractivity contribution in [3.63, 3.8) is 0 Å². The Morgan fingerprint density at radius 3 is 2.77 bits per heavy atom. The fourth-order valence-corrected chi connectivity index (χ4v) is 3.14. The molecular weight excluding hydrogens is 280 g/mol. The number of fused-ring (bicyclic) bond motifs is 1. The van der Waals surface area contributed by atoms with Crippen molar-refractivity contribution in [2.75, 3.05) is 13.1 Å². The van der Waals surface area contributed by atoms with Crippen LogP contribution in [0.25, 0.3) is 10.8 Å². The molecule has 1 saturated heterocycles. The number of pyridine rings is 1. The van der Waals surface area contributed by atoms with E-state index in [0.717, 1.165) is 10.8 Å². The molecule has 0 radical (unpaired) electrons. The highest BCUT2D eigenvalue weighted by atomic mass is 16.4. The van der Waals surface area contributed by atoms with E-state index in [4.69, 9.17) is 0 Å². The molecule has 1 aromatic heterocycles. The molecular formula is C17H18N2O3. The van der Waals surface area contributed by atoms with Crippen LogP contribution in [0.3, 0.4) is 0 Å². The molecule has 2 atom stereocenters. The first-order chi connectivity index (χ1) is 10.6. The van der Waals surface area contributed by atoms with Gasteiger partial charge in [0, 0.05) is 24.7 Å². The average molecular weight is 298 g/mol. The molecule has 114 valence electrons. The van der Waals surface area contributed by atoms with E-state index in [1.54, 1.807) is 11.1 Å². The Bertz CT molecular complexity index is 723. The van der Waals surface area contributed by atoms with Gasteiger partial charge in [-0.15, -0.1) is 0 Å². The third kappa shape index (κ3) is 2.66. The van der Waals surface area contributed by atoms with Gasteiger partial charge in [0.05, 0.1) is 5.92 Å². The number of hydrogen-bond donors (Lipinski definition) is 1. The Kier molecular flexibility index (Phi) is 3.79. The molecule has 0 aliphatic carbocycles. The van der Waals surface area contributed by atoms with E-state index in [0.29, 0.717) is 18.7 Å². The second kappa shape index (κ2) is 5.75. The zero-order chi connectivity index (χ0) is 15.7. The highest BCUT2D eigenvalue weighted by Crippen LogP contribution is 2.25. The summed E-state index contributed by atoms with van der Waals surface area (Å²) in [5, 5.41) is 11.0. The Labute approximate surface area is 128 Å².